The number of aryl methyl sites for hydroxylation is 1. The Bertz CT molecular complexity index is 491. The van der Waals surface area contributed by atoms with Gasteiger partial charge in [0.2, 0.25) is 5.91 Å². The Hall–Kier alpha value is -1.06. The molecule has 0 bridgehead atoms. The van der Waals surface area contributed by atoms with Gasteiger partial charge >= 0.3 is 0 Å². The van der Waals surface area contributed by atoms with E-state index in [1.807, 2.05) is 0 Å². The molecule has 4 heteroatoms. The molecule has 1 saturated heterocycles. The molecular weight excluding hydrogens is 284 g/mol. The molecule has 1 aromatic carbocycles. The lowest BCUT2D eigenvalue weighted by Gasteiger charge is -2.31. The number of carbonyl (C=O) groups is 1. The molecule has 1 amide bonds. The van der Waals surface area contributed by atoms with Gasteiger partial charge in [-0.1, -0.05) is 24.3 Å². The van der Waals surface area contributed by atoms with Gasteiger partial charge < -0.3 is 10.6 Å². The topological polar surface area (TPSA) is 41.1 Å². The van der Waals surface area contributed by atoms with E-state index in [0.29, 0.717) is 6.04 Å². The molecule has 1 unspecified atom stereocenters. The number of nitrogens with one attached hydrogen (secondary N) is 2. The van der Waals surface area contributed by atoms with Gasteiger partial charge in [0.1, 0.15) is 0 Å². The zero-order valence-corrected chi connectivity index (χ0v) is 13.4. The fraction of sp³-hybridized carbons (Fsp3) is 0.588. The second-order valence-corrected chi connectivity index (χ2v) is 6.23. The Kier molecular flexibility index (Phi) is 5.65. The van der Waals surface area contributed by atoms with Crippen LogP contribution < -0.4 is 10.6 Å². The Morgan fingerprint density at radius 3 is 2.90 bits per heavy atom. The smallest absolute Gasteiger partial charge is 0.223 e. The standard InChI is InChI=1S/C17H24N2O.ClH/c1-12-11-14(9-10-18-12)17(20)19-16-8-4-6-13-5-2-3-7-15(13)16;/h2-3,5,7,12,14,16,18H,4,6,8-11H2,1H3,(H,19,20);1H/t12-,14-,16?;/m0./s1. The average molecular weight is 309 g/mol. The van der Waals surface area contributed by atoms with Crippen molar-refractivity contribution in [3.8, 4) is 0 Å². The maximum absolute atomic E-state index is 12.5. The van der Waals surface area contributed by atoms with Crippen LogP contribution in [-0.4, -0.2) is 18.5 Å². The summed E-state index contributed by atoms with van der Waals surface area (Å²) in [5.41, 5.74) is 2.73. The minimum Gasteiger partial charge on any atom is -0.349 e. The van der Waals surface area contributed by atoms with E-state index in [2.05, 4.69) is 41.8 Å². The van der Waals surface area contributed by atoms with Crippen LogP contribution in [0.1, 0.15) is 49.8 Å². The van der Waals surface area contributed by atoms with Crippen molar-refractivity contribution in [2.45, 2.75) is 51.1 Å². The summed E-state index contributed by atoms with van der Waals surface area (Å²) in [4.78, 5) is 12.5. The zero-order valence-electron chi connectivity index (χ0n) is 12.6. The number of amides is 1. The van der Waals surface area contributed by atoms with Gasteiger partial charge in [-0.15, -0.1) is 12.4 Å². The first-order valence-corrected chi connectivity index (χ1v) is 7.85. The van der Waals surface area contributed by atoms with E-state index in [9.17, 15) is 4.79 Å². The summed E-state index contributed by atoms with van der Waals surface area (Å²) in [5.74, 6) is 0.431. The van der Waals surface area contributed by atoms with E-state index in [4.69, 9.17) is 0 Å². The summed E-state index contributed by atoms with van der Waals surface area (Å²) in [6.45, 7) is 3.12. The Labute approximate surface area is 133 Å². The van der Waals surface area contributed by atoms with Gasteiger partial charge in [-0.05, 0) is 56.7 Å². The van der Waals surface area contributed by atoms with Crippen molar-refractivity contribution in [3.63, 3.8) is 0 Å². The summed E-state index contributed by atoms with van der Waals surface area (Å²) in [7, 11) is 0. The SMILES string of the molecule is C[C@H]1C[C@@H](C(=O)NC2CCCc3ccccc32)CCN1.Cl. The summed E-state index contributed by atoms with van der Waals surface area (Å²) in [5, 5.41) is 6.70. The van der Waals surface area contributed by atoms with E-state index in [0.717, 1.165) is 32.2 Å². The highest BCUT2D eigenvalue weighted by Gasteiger charge is 2.28. The molecule has 1 aromatic rings. The molecule has 1 fully saturated rings. The monoisotopic (exact) mass is 308 g/mol. The number of hydrogen-bond donors (Lipinski definition) is 2. The summed E-state index contributed by atoms with van der Waals surface area (Å²) in [6.07, 6.45) is 5.31. The molecule has 1 heterocycles. The largest absolute Gasteiger partial charge is 0.349 e. The minimum atomic E-state index is 0. The van der Waals surface area contributed by atoms with Crippen LogP contribution in [0.3, 0.4) is 0 Å². The molecule has 1 aliphatic heterocycles. The molecule has 0 spiro atoms. The van der Waals surface area contributed by atoms with E-state index in [1.54, 1.807) is 0 Å². The first kappa shape index (κ1) is 16.3. The minimum absolute atomic E-state index is 0. The number of rotatable bonds is 2. The van der Waals surface area contributed by atoms with Gasteiger partial charge in [0.05, 0.1) is 6.04 Å². The second-order valence-electron chi connectivity index (χ2n) is 6.23. The van der Waals surface area contributed by atoms with Gasteiger partial charge in [0, 0.05) is 12.0 Å². The number of carbonyl (C=O) groups excluding carboxylic acids is 1. The lowest BCUT2D eigenvalue weighted by molar-refractivity contribution is -0.127. The zero-order chi connectivity index (χ0) is 13.9. The molecule has 21 heavy (non-hydrogen) atoms. The average Bonchev–Trinajstić information content (AvgIpc) is 2.47. The fourth-order valence-corrected chi connectivity index (χ4v) is 3.56. The molecule has 3 rings (SSSR count). The highest BCUT2D eigenvalue weighted by Crippen LogP contribution is 2.30. The number of halogens is 1. The van der Waals surface area contributed by atoms with Crippen molar-refractivity contribution < 1.29 is 4.79 Å². The molecule has 2 aliphatic rings. The van der Waals surface area contributed by atoms with Crippen molar-refractivity contribution in [1.82, 2.24) is 10.6 Å². The van der Waals surface area contributed by atoms with Crippen molar-refractivity contribution >= 4 is 18.3 Å². The Morgan fingerprint density at radius 1 is 1.29 bits per heavy atom. The van der Waals surface area contributed by atoms with Crippen molar-refractivity contribution in [3.05, 3.63) is 35.4 Å². The fourth-order valence-electron chi connectivity index (χ4n) is 3.56. The van der Waals surface area contributed by atoms with E-state index in [1.165, 1.54) is 17.5 Å². The first-order valence-electron chi connectivity index (χ1n) is 7.85. The molecule has 116 valence electrons. The van der Waals surface area contributed by atoms with Crippen LogP contribution in [0.4, 0.5) is 0 Å². The third kappa shape index (κ3) is 3.78. The van der Waals surface area contributed by atoms with Crippen LogP contribution in [0.25, 0.3) is 0 Å². The normalized spacial score (nSPS) is 28.1. The lowest BCUT2D eigenvalue weighted by Crippen LogP contribution is -2.43. The highest BCUT2D eigenvalue weighted by atomic mass is 35.5. The molecule has 0 saturated carbocycles. The predicted molar refractivity (Wildman–Crippen MR) is 87.7 cm³/mol. The molecule has 0 radical (unpaired) electrons. The van der Waals surface area contributed by atoms with Gasteiger partial charge in [0.15, 0.2) is 0 Å². The molecule has 2 N–H and O–H groups in total. The van der Waals surface area contributed by atoms with Crippen LogP contribution in [0.5, 0.6) is 0 Å². The first-order chi connectivity index (χ1) is 9.74. The number of fused-ring (bicyclic) bond motifs is 1. The number of hydrogen-bond acceptors (Lipinski definition) is 2. The molecular formula is C17H25ClN2O. The van der Waals surface area contributed by atoms with Crippen LogP contribution in [-0.2, 0) is 11.2 Å². The van der Waals surface area contributed by atoms with Crippen LogP contribution in [0.2, 0.25) is 0 Å². The lowest BCUT2D eigenvalue weighted by atomic mass is 9.86. The maximum Gasteiger partial charge on any atom is 0.223 e. The van der Waals surface area contributed by atoms with Gasteiger partial charge in [0.25, 0.3) is 0 Å². The summed E-state index contributed by atoms with van der Waals surface area (Å²) in [6, 6.07) is 9.22. The second kappa shape index (κ2) is 7.28. The van der Waals surface area contributed by atoms with Gasteiger partial charge in [-0.3, -0.25) is 4.79 Å². The summed E-state index contributed by atoms with van der Waals surface area (Å²) < 4.78 is 0. The predicted octanol–water partition coefficient (Wildman–Crippen LogP) is 2.99. The Balaban J connectivity index is 0.00000161. The van der Waals surface area contributed by atoms with Crippen LogP contribution in [0.15, 0.2) is 24.3 Å². The summed E-state index contributed by atoms with van der Waals surface area (Å²) >= 11 is 0. The molecule has 1 aliphatic carbocycles. The van der Waals surface area contributed by atoms with Gasteiger partial charge in [-0.2, -0.15) is 0 Å². The number of benzene rings is 1. The van der Waals surface area contributed by atoms with Crippen LogP contribution in [0, 0.1) is 5.92 Å². The molecule has 3 nitrogen and oxygen atoms in total. The third-order valence-corrected chi connectivity index (χ3v) is 4.68. The maximum atomic E-state index is 12.5. The van der Waals surface area contributed by atoms with Crippen molar-refractivity contribution in [2.24, 2.45) is 5.92 Å². The van der Waals surface area contributed by atoms with Crippen molar-refractivity contribution in [1.29, 1.82) is 0 Å². The van der Waals surface area contributed by atoms with Crippen molar-refractivity contribution in [2.75, 3.05) is 6.54 Å². The van der Waals surface area contributed by atoms with Crippen LogP contribution >= 0.6 is 12.4 Å². The molecule has 3 atom stereocenters. The third-order valence-electron chi connectivity index (χ3n) is 4.68. The number of piperidine rings is 1. The van der Waals surface area contributed by atoms with E-state index >= 15 is 0 Å². The van der Waals surface area contributed by atoms with E-state index in [-0.39, 0.29) is 30.3 Å². The highest BCUT2D eigenvalue weighted by molar-refractivity contribution is 5.85. The van der Waals surface area contributed by atoms with Gasteiger partial charge in [-0.25, -0.2) is 0 Å². The Morgan fingerprint density at radius 2 is 2.10 bits per heavy atom. The van der Waals surface area contributed by atoms with E-state index < -0.39 is 0 Å². The molecule has 0 aromatic heterocycles. The quantitative estimate of drug-likeness (QED) is 0.882.